The number of benzene rings is 1. The molecule has 0 aliphatic carbocycles. The molecule has 212 valence electrons. The van der Waals surface area contributed by atoms with E-state index in [4.69, 9.17) is 14.5 Å². The maximum atomic E-state index is 13.4. The summed E-state index contributed by atoms with van der Waals surface area (Å²) in [6.07, 6.45) is 0.446. The molecule has 1 aromatic heterocycles. The van der Waals surface area contributed by atoms with Crippen LogP contribution >= 0.6 is 7.92 Å². The molecule has 0 bridgehead atoms. The monoisotopic (exact) mass is 568 g/mol. The van der Waals surface area contributed by atoms with Crippen molar-refractivity contribution in [3.63, 3.8) is 0 Å². The van der Waals surface area contributed by atoms with Gasteiger partial charge in [0.25, 0.3) is 0 Å². The molecule has 2 aliphatic rings. The first-order valence-corrected chi connectivity index (χ1v) is 14.0. The molecule has 1 aromatic carbocycles. The van der Waals surface area contributed by atoms with Crippen LogP contribution < -0.4 is 10.2 Å². The van der Waals surface area contributed by atoms with E-state index in [-0.39, 0.29) is 44.1 Å². The zero-order chi connectivity index (χ0) is 28.6. The molecule has 0 spiro atoms. The van der Waals surface area contributed by atoms with Gasteiger partial charge in [-0.05, 0) is 0 Å². The van der Waals surface area contributed by atoms with Gasteiger partial charge in [0.05, 0.1) is 0 Å². The van der Waals surface area contributed by atoms with Gasteiger partial charge in [-0.3, -0.25) is 0 Å². The number of aromatic nitrogens is 2. The molecule has 3 amide bonds. The van der Waals surface area contributed by atoms with E-state index in [9.17, 15) is 18.9 Å². The summed E-state index contributed by atoms with van der Waals surface area (Å²) >= 11 is 0. The summed E-state index contributed by atoms with van der Waals surface area (Å²) in [6.45, 7) is 5.86. The van der Waals surface area contributed by atoms with Gasteiger partial charge in [-0.15, -0.1) is 0 Å². The molecular formula is C27H33N6O6P. The zero-order valence-corrected chi connectivity index (χ0v) is 23.7. The average Bonchev–Trinajstić information content (AvgIpc) is 3.46. The van der Waals surface area contributed by atoms with Gasteiger partial charge in [0.2, 0.25) is 0 Å². The van der Waals surface area contributed by atoms with Crippen molar-refractivity contribution in [3.05, 3.63) is 42.1 Å². The number of carbonyl (C=O) groups is 3. The predicted molar refractivity (Wildman–Crippen MR) is 148 cm³/mol. The van der Waals surface area contributed by atoms with Crippen molar-refractivity contribution in [2.45, 2.75) is 38.5 Å². The van der Waals surface area contributed by atoms with Crippen molar-refractivity contribution in [3.8, 4) is 17.0 Å². The van der Waals surface area contributed by atoms with Crippen LogP contribution in [-0.4, -0.2) is 102 Å². The molecule has 1 N–H and O–H groups in total. The van der Waals surface area contributed by atoms with Gasteiger partial charge in [0.1, 0.15) is 0 Å². The Morgan fingerprint density at radius 2 is 1.93 bits per heavy atom. The van der Waals surface area contributed by atoms with E-state index in [0.717, 1.165) is 12.0 Å². The van der Waals surface area contributed by atoms with Gasteiger partial charge in [0.15, 0.2) is 0 Å². The van der Waals surface area contributed by atoms with Crippen LogP contribution in [0.5, 0.6) is 0 Å². The van der Waals surface area contributed by atoms with Crippen molar-refractivity contribution < 1.29 is 28.4 Å². The number of nitrogens with one attached hydrogen (secondary N) is 1. The van der Waals surface area contributed by atoms with Crippen molar-refractivity contribution in [1.82, 2.24) is 25.1 Å². The van der Waals surface area contributed by atoms with Crippen LogP contribution in [0.2, 0.25) is 0 Å². The van der Waals surface area contributed by atoms with Crippen LogP contribution in [0.15, 0.2) is 36.4 Å². The van der Waals surface area contributed by atoms with Crippen molar-refractivity contribution in [1.29, 1.82) is 0 Å². The second-order valence-electron chi connectivity index (χ2n) is 9.55. The standard InChI is InChI=1S/C27H33N6O6P/c1-4-39-27(36)33-13-12-32(15-18(33)2)26(35)22(17-40-37)29-25(34)21-14-23(31-11-10-20(16-31)38-3)30-24(28-21)19-8-6-5-7-9-19/h5-9,14,18,20,22H,4,10-13,15-16H2,1-3H3,(H,29,34)/t18?,20-,22-/m0/s1. The molecule has 3 heterocycles. The molecule has 2 fully saturated rings. The van der Waals surface area contributed by atoms with E-state index in [1.807, 2.05) is 42.2 Å². The van der Waals surface area contributed by atoms with Gasteiger partial charge in [0, 0.05) is 0 Å². The van der Waals surface area contributed by atoms with E-state index in [2.05, 4.69) is 15.9 Å². The van der Waals surface area contributed by atoms with Gasteiger partial charge in [-0.25, -0.2) is 0 Å². The quantitative estimate of drug-likeness (QED) is 0.500. The fraction of sp³-hybridized carbons (Fsp3) is 0.481. The van der Waals surface area contributed by atoms with Gasteiger partial charge in [-0.1, -0.05) is 0 Å². The molecule has 12 nitrogen and oxygen atoms in total. The van der Waals surface area contributed by atoms with Crippen LogP contribution in [0.25, 0.3) is 11.4 Å². The first-order valence-electron chi connectivity index (χ1n) is 13.2. The van der Waals surface area contributed by atoms with E-state index < -0.39 is 31.9 Å². The minimum absolute atomic E-state index is 0.0568. The van der Waals surface area contributed by atoms with Gasteiger partial charge < -0.3 is 0 Å². The fourth-order valence-electron chi connectivity index (χ4n) is 4.78. The molecular weight excluding hydrogens is 535 g/mol. The Morgan fingerprint density at radius 1 is 1.15 bits per heavy atom. The van der Waals surface area contributed by atoms with Crippen LogP contribution in [0, 0.1) is 5.63 Å². The second kappa shape index (κ2) is 13.6. The van der Waals surface area contributed by atoms with E-state index >= 15 is 0 Å². The molecule has 1 unspecified atom stereocenters. The number of ether oxygens (including phenoxy) is 2. The Bertz CT molecular complexity index is 1340. The first kappa shape index (κ1) is 29.3. The van der Waals surface area contributed by atoms with Crippen LogP contribution in [0.1, 0.15) is 30.8 Å². The number of hydrogen-bond acceptors (Lipinski definition) is 9. The number of methoxy groups -OCH3 is 1. The minimum atomic E-state index is -1.28. The first-order chi connectivity index (χ1) is 19.3. The molecule has 0 saturated carbocycles. The topological polar surface area (TPSA) is 134 Å². The van der Waals surface area contributed by atoms with Crippen molar-refractivity contribution in [2.24, 2.45) is 0 Å². The van der Waals surface area contributed by atoms with Gasteiger partial charge in [-0.2, -0.15) is 0 Å². The Balaban J connectivity index is 1.55. The molecule has 3 atom stereocenters. The van der Waals surface area contributed by atoms with Crippen LogP contribution in [0.4, 0.5) is 10.6 Å². The predicted octanol–water partition coefficient (Wildman–Crippen LogP) is 2.41. The molecule has 13 heteroatoms. The number of hydrogen-bond donors (Lipinski definition) is 1. The van der Waals surface area contributed by atoms with Crippen LogP contribution in [0.3, 0.4) is 0 Å². The molecule has 0 radical (unpaired) electrons. The number of anilines is 1. The van der Waals surface area contributed by atoms with Crippen molar-refractivity contribution in [2.75, 3.05) is 51.3 Å². The maximum absolute atomic E-state index is 13.4. The summed E-state index contributed by atoms with van der Waals surface area (Å²) in [4.78, 5) is 53.2. The second-order valence-corrected chi connectivity index (χ2v) is 9.99. The number of rotatable bonds is 7. The molecule has 4 rings (SSSR count). The summed E-state index contributed by atoms with van der Waals surface area (Å²) in [6, 6.07) is 9.29. The third-order valence-electron chi connectivity index (χ3n) is 6.93. The Hall–Kier alpha value is -3.72. The normalized spacial score (nSPS) is 19.5. The number of carbonyl (C=O) groups excluding carboxylic acids is 3. The van der Waals surface area contributed by atoms with Crippen molar-refractivity contribution >= 4 is 31.6 Å². The van der Waals surface area contributed by atoms with E-state index in [0.29, 0.717) is 24.7 Å². The summed E-state index contributed by atoms with van der Waals surface area (Å²) in [5.41, 5.74) is 3.29. The summed E-state index contributed by atoms with van der Waals surface area (Å²) < 4.78 is 22.0. The van der Waals surface area contributed by atoms with E-state index in [1.165, 1.54) is 4.90 Å². The molecule has 2 aromatic rings. The van der Waals surface area contributed by atoms with Gasteiger partial charge >= 0.3 is 234 Å². The zero-order valence-electron chi connectivity index (χ0n) is 22.8. The summed E-state index contributed by atoms with van der Waals surface area (Å²) in [7, 11) is 1.13. The SMILES string of the molecule is CCOC(=O)N1CCN(C(=O)[C@H](C#P=O)NC(=O)c2cc(N3CC[C@H](OC)C3)nc(-c3ccccc3)n2)CC1C. The Morgan fingerprint density at radius 3 is 2.58 bits per heavy atom. The number of nitrogens with zero attached hydrogens (tertiary/aromatic N) is 5. The fourth-order valence-corrected chi connectivity index (χ4v) is 5.06. The third-order valence-corrected chi connectivity index (χ3v) is 7.29. The summed E-state index contributed by atoms with van der Waals surface area (Å²) in [5, 5.41) is 2.63. The Kier molecular flexibility index (Phi) is 9.93. The summed E-state index contributed by atoms with van der Waals surface area (Å²) in [5.74, 6) is -0.172. The molecule has 2 aliphatic heterocycles. The van der Waals surface area contributed by atoms with E-state index in [1.54, 1.807) is 25.0 Å². The number of amides is 3. The molecule has 2 saturated heterocycles. The number of piperazine rings is 1. The van der Waals surface area contributed by atoms with Crippen LogP contribution in [-0.2, 0) is 18.8 Å². The average molecular weight is 569 g/mol. The Labute approximate surface area is 234 Å². The molecule has 40 heavy (non-hydrogen) atoms. The third kappa shape index (κ3) is 6.88.